The highest BCUT2D eigenvalue weighted by atomic mass is 16.2. The van der Waals surface area contributed by atoms with Crippen molar-refractivity contribution < 1.29 is 9.90 Å². The molecule has 108 valence electrons. The fraction of sp³-hybridized carbons (Fsp3) is 0.471. The molecule has 3 nitrogen and oxygen atoms in total. The Labute approximate surface area is 121 Å². The van der Waals surface area contributed by atoms with E-state index >= 15 is 0 Å². The molecular weight excluding hydrogens is 250 g/mol. The van der Waals surface area contributed by atoms with Gasteiger partial charge in [0.25, 0.3) is 0 Å². The third-order valence-corrected chi connectivity index (χ3v) is 2.99. The Bertz CT molecular complexity index is 497. The smallest absolute Gasteiger partial charge is 0.224 e. The van der Waals surface area contributed by atoms with E-state index in [0.717, 1.165) is 36.1 Å². The van der Waals surface area contributed by atoms with Gasteiger partial charge in [0.15, 0.2) is 0 Å². The number of rotatable bonds is 6. The maximum Gasteiger partial charge on any atom is 0.224 e. The van der Waals surface area contributed by atoms with Gasteiger partial charge < -0.3 is 10.4 Å². The van der Waals surface area contributed by atoms with Crippen LogP contribution >= 0.6 is 0 Å². The van der Waals surface area contributed by atoms with Gasteiger partial charge in [0.1, 0.15) is 0 Å². The Morgan fingerprint density at radius 3 is 2.85 bits per heavy atom. The summed E-state index contributed by atoms with van der Waals surface area (Å²) in [4.78, 5) is 11.8. The highest BCUT2D eigenvalue weighted by Crippen LogP contribution is 2.17. The van der Waals surface area contributed by atoms with Crippen LogP contribution in [0.3, 0.4) is 0 Å². The number of hydrogen-bond acceptors (Lipinski definition) is 2. The number of carbonyl (C=O) groups is 1. The number of carbonyl (C=O) groups excluding carboxylic acids is 1. The Hall–Kier alpha value is -1.79. The quantitative estimate of drug-likeness (QED) is 0.617. The Morgan fingerprint density at radius 1 is 1.35 bits per heavy atom. The van der Waals surface area contributed by atoms with Crippen LogP contribution in [0.25, 0.3) is 0 Å². The van der Waals surface area contributed by atoms with Gasteiger partial charge in [0.2, 0.25) is 5.91 Å². The Balaban J connectivity index is 2.67. The normalized spacial score (nSPS) is 9.75. The third-order valence-electron chi connectivity index (χ3n) is 2.99. The molecule has 0 bridgehead atoms. The highest BCUT2D eigenvalue weighted by Gasteiger charge is 2.05. The van der Waals surface area contributed by atoms with Gasteiger partial charge in [-0.1, -0.05) is 37.7 Å². The second-order valence-electron chi connectivity index (χ2n) is 4.81. The lowest BCUT2D eigenvalue weighted by atomic mass is 10.1. The molecule has 0 heterocycles. The van der Waals surface area contributed by atoms with E-state index in [0.29, 0.717) is 12.8 Å². The van der Waals surface area contributed by atoms with E-state index in [1.165, 1.54) is 0 Å². The van der Waals surface area contributed by atoms with E-state index in [2.05, 4.69) is 24.1 Å². The Morgan fingerprint density at radius 2 is 2.15 bits per heavy atom. The molecule has 0 aliphatic rings. The van der Waals surface area contributed by atoms with Crippen LogP contribution < -0.4 is 5.32 Å². The second kappa shape index (κ2) is 9.17. The van der Waals surface area contributed by atoms with Crippen LogP contribution in [-0.4, -0.2) is 17.6 Å². The van der Waals surface area contributed by atoms with Crippen LogP contribution in [0.15, 0.2) is 18.2 Å². The van der Waals surface area contributed by atoms with Gasteiger partial charge in [-0.2, -0.15) is 0 Å². The summed E-state index contributed by atoms with van der Waals surface area (Å²) in [5.74, 6) is 5.92. The van der Waals surface area contributed by atoms with Gasteiger partial charge in [-0.25, -0.2) is 0 Å². The van der Waals surface area contributed by atoms with Crippen molar-refractivity contribution >= 4 is 11.6 Å². The lowest BCUT2D eigenvalue weighted by Gasteiger charge is -2.08. The number of hydrogen-bond donors (Lipinski definition) is 2. The molecule has 1 amide bonds. The molecule has 1 rings (SSSR count). The fourth-order valence-electron chi connectivity index (χ4n) is 1.80. The number of aryl methyl sites for hydroxylation is 1. The predicted octanol–water partition coefficient (Wildman–Crippen LogP) is 3.25. The van der Waals surface area contributed by atoms with Crippen LogP contribution in [0.4, 0.5) is 5.69 Å². The minimum Gasteiger partial charge on any atom is -0.395 e. The van der Waals surface area contributed by atoms with Crippen LogP contribution in [0, 0.1) is 18.8 Å². The van der Waals surface area contributed by atoms with Crippen molar-refractivity contribution in [3.05, 3.63) is 29.3 Å². The zero-order valence-electron chi connectivity index (χ0n) is 12.3. The average Bonchev–Trinajstić information content (AvgIpc) is 2.43. The van der Waals surface area contributed by atoms with E-state index in [-0.39, 0.29) is 12.5 Å². The first-order valence-electron chi connectivity index (χ1n) is 7.17. The first kappa shape index (κ1) is 16.3. The minimum absolute atomic E-state index is 0.0574. The van der Waals surface area contributed by atoms with E-state index < -0.39 is 0 Å². The number of aliphatic hydroxyl groups excluding tert-OH is 1. The van der Waals surface area contributed by atoms with Crippen molar-refractivity contribution in [2.45, 2.75) is 46.0 Å². The predicted molar refractivity (Wildman–Crippen MR) is 82.5 cm³/mol. The lowest BCUT2D eigenvalue weighted by molar-refractivity contribution is -0.116. The van der Waals surface area contributed by atoms with E-state index in [9.17, 15) is 4.79 Å². The molecule has 0 saturated carbocycles. The van der Waals surface area contributed by atoms with E-state index in [1.54, 1.807) is 0 Å². The number of amides is 1. The topological polar surface area (TPSA) is 49.3 Å². The Kier molecular flexibility index (Phi) is 7.46. The molecule has 1 aromatic carbocycles. The first-order valence-corrected chi connectivity index (χ1v) is 7.17. The van der Waals surface area contributed by atoms with Crippen molar-refractivity contribution in [1.82, 2.24) is 0 Å². The number of aliphatic hydroxyl groups is 1. The van der Waals surface area contributed by atoms with Gasteiger partial charge in [-0.3, -0.25) is 4.79 Å². The molecule has 0 aromatic heterocycles. The number of nitrogens with one attached hydrogen (secondary N) is 1. The molecular formula is C17H23NO2. The summed E-state index contributed by atoms with van der Waals surface area (Å²) in [5, 5.41) is 11.6. The minimum atomic E-state index is 0.0574. The SMILES string of the molecule is CCCCCC(=O)Nc1cc(C#CCCO)ccc1C. The van der Waals surface area contributed by atoms with Gasteiger partial charge in [-0.05, 0) is 31.0 Å². The summed E-state index contributed by atoms with van der Waals surface area (Å²) in [7, 11) is 0. The summed E-state index contributed by atoms with van der Waals surface area (Å²) in [6, 6.07) is 5.76. The monoisotopic (exact) mass is 273 g/mol. The van der Waals surface area contributed by atoms with Crippen molar-refractivity contribution in [3.8, 4) is 11.8 Å². The van der Waals surface area contributed by atoms with Gasteiger partial charge in [0.05, 0.1) is 6.61 Å². The van der Waals surface area contributed by atoms with Gasteiger partial charge >= 0.3 is 0 Å². The van der Waals surface area contributed by atoms with Crippen LogP contribution in [0.2, 0.25) is 0 Å². The van der Waals surface area contributed by atoms with Crippen molar-refractivity contribution in [2.75, 3.05) is 11.9 Å². The van der Waals surface area contributed by atoms with Crippen LogP contribution in [-0.2, 0) is 4.79 Å². The van der Waals surface area contributed by atoms with Crippen LogP contribution in [0.1, 0.15) is 50.2 Å². The fourth-order valence-corrected chi connectivity index (χ4v) is 1.80. The van der Waals surface area contributed by atoms with Gasteiger partial charge in [-0.15, -0.1) is 0 Å². The van der Waals surface area contributed by atoms with E-state index in [1.807, 2.05) is 25.1 Å². The molecule has 0 aliphatic carbocycles. The van der Waals surface area contributed by atoms with E-state index in [4.69, 9.17) is 5.11 Å². The maximum absolute atomic E-state index is 11.8. The molecule has 0 atom stereocenters. The second-order valence-corrected chi connectivity index (χ2v) is 4.81. The molecule has 0 unspecified atom stereocenters. The van der Waals surface area contributed by atoms with Crippen molar-refractivity contribution in [1.29, 1.82) is 0 Å². The molecule has 2 N–H and O–H groups in total. The number of benzene rings is 1. The number of unbranched alkanes of at least 4 members (excludes halogenated alkanes) is 2. The molecule has 20 heavy (non-hydrogen) atoms. The maximum atomic E-state index is 11.8. The largest absolute Gasteiger partial charge is 0.395 e. The lowest BCUT2D eigenvalue weighted by Crippen LogP contribution is -2.12. The standard InChI is InChI=1S/C17H23NO2/c1-3-4-5-9-17(20)18-16-13-15(8-6-7-12-19)11-10-14(16)2/h10-11,13,19H,3-5,7,9,12H2,1-2H3,(H,18,20). The molecule has 0 aliphatic heterocycles. The summed E-state index contributed by atoms with van der Waals surface area (Å²) >= 11 is 0. The number of anilines is 1. The molecule has 0 spiro atoms. The van der Waals surface area contributed by atoms with Crippen LogP contribution in [0.5, 0.6) is 0 Å². The molecule has 0 saturated heterocycles. The molecule has 0 fully saturated rings. The molecule has 3 heteroatoms. The summed E-state index contributed by atoms with van der Waals surface area (Å²) in [6.45, 7) is 4.16. The first-order chi connectivity index (χ1) is 9.67. The average molecular weight is 273 g/mol. The molecule has 1 aromatic rings. The zero-order valence-corrected chi connectivity index (χ0v) is 12.3. The molecule has 0 radical (unpaired) electrons. The summed E-state index contributed by atoms with van der Waals surface area (Å²) in [6.07, 6.45) is 4.15. The van der Waals surface area contributed by atoms with Gasteiger partial charge in [0, 0.05) is 24.1 Å². The summed E-state index contributed by atoms with van der Waals surface area (Å²) in [5.41, 5.74) is 2.71. The highest BCUT2D eigenvalue weighted by molar-refractivity contribution is 5.91. The third kappa shape index (κ3) is 5.90. The van der Waals surface area contributed by atoms with Crippen molar-refractivity contribution in [3.63, 3.8) is 0 Å². The zero-order chi connectivity index (χ0) is 14.8. The summed E-state index contributed by atoms with van der Waals surface area (Å²) < 4.78 is 0. The van der Waals surface area contributed by atoms with Crippen molar-refractivity contribution in [2.24, 2.45) is 0 Å².